The molecule has 0 radical (unpaired) electrons. The average Bonchev–Trinajstić information content (AvgIpc) is 2.02. The maximum Gasteiger partial charge on any atom is 0.153 e. The smallest absolute Gasteiger partial charge is 0.153 e. The Morgan fingerprint density at radius 1 is 1.14 bits per heavy atom. The van der Waals surface area contributed by atoms with E-state index in [1.54, 1.807) is 19.9 Å². The van der Waals surface area contributed by atoms with Gasteiger partial charge in [-0.05, 0) is 26.8 Å². The molecule has 1 nitrogen and oxygen atoms in total. The Bertz CT molecular complexity index is 326. The van der Waals surface area contributed by atoms with Crippen LogP contribution in [0.3, 0.4) is 0 Å². The second-order valence-electron chi connectivity index (χ2n) is 4.20. The van der Waals surface area contributed by atoms with Crippen molar-refractivity contribution in [3.05, 3.63) is 35.6 Å². The predicted molar refractivity (Wildman–Crippen MR) is 53.1 cm³/mol. The number of rotatable bonds is 2. The lowest BCUT2D eigenvalue weighted by Gasteiger charge is -2.34. The quantitative estimate of drug-likeness (QED) is 0.778. The fourth-order valence-electron chi connectivity index (χ4n) is 1.19. The summed E-state index contributed by atoms with van der Waals surface area (Å²) in [5, 5.41) is 0. The maximum absolute atomic E-state index is 14.2. The van der Waals surface area contributed by atoms with Crippen LogP contribution in [0.4, 0.5) is 8.78 Å². The summed E-state index contributed by atoms with van der Waals surface area (Å²) in [7, 11) is 0. The number of halogens is 2. The van der Waals surface area contributed by atoms with Crippen LogP contribution in [0.1, 0.15) is 26.3 Å². The summed E-state index contributed by atoms with van der Waals surface area (Å²) in [6, 6.07) is 5.78. The van der Waals surface area contributed by atoms with Gasteiger partial charge in [0.05, 0.1) is 0 Å². The van der Waals surface area contributed by atoms with E-state index in [-0.39, 0.29) is 5.56 Å². The summed E-state index contributed by atoms with van der Waals surface area (Å²) in [5.41, 5.74) is 2.69. The number of hydrogen-bond donors (Lipinski definition) is 1. The van der Waals surface area contributed by atoms with Crippen molar-refractivity contribution in [2.24, 2.45) is 5.73 Å². The molecule has 2 N–H and O–H groups in total. The van der Waals surface area contributed by atoms with Crippen molar-refractivity contribution >= 4 is 0 Å². The Morgan fingerprint density at radius 2 is 1.64 bits per heavy atom. The molecule has 3 heteroatoms. The molecule has 1 unspecified atom stereocenters. The molecule has 0 aliphatic rings. The lowest BCUT2D eigenvalue weighted by atomic mass is 9.81. The molecule has 0 saturated heterocycles. The van der Waals surface area contributed by atoms with Gasteiger partial charge in [-0.3, -0.25) is 0 Å². The Kier molecular flexibility index (Phi) is 2.63. The molecule has 0 aromatic heterocycles. The summed E-state index contributed by atoms with van der Waals surface area (Å²) in [4.78, 5) is 0. The van der Waals surface area contributed by atoms with Gasteiger partial charge >= 0.3 is 0 Å². The van der Waals surface area contributed by atoms with E-state index in [4.69, 9.17) is 5.73 Å². The van der Waals surface area contributed by atoms with Gasteiger partial charge in [0.1, 0.15) is 5.82 Å². The average molecular weight is 199 g/mol. The normalized spacial score (nSPS) is 16.4. The zero-order chi connectivity index (χ0) is 11.0. The molecule has 0 aliphatic heterocycles. The van der Waals surface area contributed by atoms with Crippen LogP contribution in [0.2, 0.25) is 0 Å². The van der Waals surface area contributed by atoms with Gasteiger partial charge in [0, 0.05) is 11.1 Å². The summed E-state index contributed by atoms with van der Waals surface area (Å²) in [5.74, 6) is -0.559. The van der Waals surface area contributed by atoms with Gasteiger partial charge in [0.25, 0.3) is 0 Å². The van der Waals surface area contributed by atoms with E-state index < -0.39 is 17.0 Å². The second-order valence-corrected chi connectivity index (χ2v) is 4.20. The van der Waals surface area contributed by atoms with Crippen LogP contribution in [0.5, 0.6) is 0 Å². The Hall–Kier alpha value is -0.960. The van der Waals surface area contributed by atoms with E-state index in [1.165, 1.54) is 25.1 Å². The van der Waals surface area contributed by atoms with E-state index in [1.807, 2.05) is 0 Å². The lowest BCUT2D eigenvalue weighted by Crippen LogP contribution is -2.49. The van der Waals surface area contributed by atoms with Gasteiger partial charge in [-0.15, -0.1) is 0 Å². The van der Waals surface area contributed by atoms with E-state index in [2.05, 4.69) is 0 Å². The Balaban J connectivity index is 3.23. The van der Waals surface area contributed by atoms with Crippen molar-refractivity contribution in [1.29, 1.82) is 0 Å². The van der Waals surface area contributed by atoms with Gasteiger partial charge in [-0.1, -0.05) is 18.2 Å². The fraction of sp³-hybridized carbons (Fsp3) is 0.455. The minimum atomic E-state index is -1.88. The van der Waals surface area contributed by atoms with Crippen LogP contribution in [0.25, 0.3) is 0 Å². The third-order valence-corrected chi connectivity index (χ3v) is 2.59. The van der Waals surface area contributed by atoms with Crippen LogP contribution < -0.4 is 5.73 Å². The largest absolute Gasteiger partial charge is 0.323 e. The molecule has 1 aromatic carbocycles. The van der Waals surface area contributed by atoms with Crippen molar-refractivity contribution in [1.82, 2.24) is 0 Å². The number of benzene rings is 1. The fourth-order valence-corrected chi connectivity index (χ4v) is 1.19. The minimum Gasteiger partial charge on any atom is -0.323 e. The molecule has 1 aromatic rings. The molecule has 0 saturated carbocycles. The van der Waals surface area contributed by atoms with Gasteiger partial charge in [-0.2, -0.15) is 0 Å². The number of hydrogen-bond acceptors (Lipinski definition) is 1. The zero-order valence-corrected chi connectivity index (χ0v) is 8.64. The molecule has 0 fully saturated rings. The maximum atomic E-state index is 14.2. The second kappa shape index (κ2) is 3.31. The molecule has 0 spiro atoms. The van der Waals surface area contributed by atoms with Crippen LogP contribution in [-0.4, -0.2) is 5.54 Å². The van der Waals surface area contributed by atoms with E-state index in [0.29, 0.717) is 0 Å². The van der Waals surface area contributed by atoms with E-state index >= 15 is 0 Å². The van der Waals surface area contributed by atoms with Crippen molar-refractivity contribution in [2.75, 3.05) is 0 Å². The first-order valence-electron chi connectivity index (χ1n) is 4.49. The molecular formula is C11H15F2N. The minimum absolute atomic E-state index is 0.00694. The Morgan fingerprint density at radius 3 is 2.07 bits per heavy atom. The lowest BCUT2D eigenvalue weighted by molar-refractivity contribution is 0.0910. The van der Waals surface area contributed by atoms with Gasteiger partial charge in [0.2, 0.25) is 0 Å². The van der Waals surface area contributed by atoms with Crippen LogP contribution in [0.15, 0.2) is 24.3 Å². The van der Waals surface area contributed by atoms with Crippen molar-refractivity contribution < 1.29 is 8.78 Å². The molecule has 1 rings (SSSR count). The van der Waals surface area contributed by atoms with Crippen LogP contribution in [-0.2, 0) is 5.67 Å². The molecule has 1 atom stereocenters. The molecular weight excluding hydrogens is 184 g/mol. The highest BCUT2D eigenvalue weighted by Crippen LogP contribution is 2.36. The zero-order valence-electron chi connectivity index (χ0n) is 8.64. The van der Waals surface area contributed by atoms with Crippen LogP contribution >= 0.6 is 0 Å². The third kappa shape index (κ3) is 1.77. The number of nitrogens with two attached hydrogens (primary N) is 1. The van der Waals surface area contributed by atoms with Crippen molar-refractivity contribution in [2.45, 2.75) is 32.0 Å². The monoisotopic (exact) mass is 199 g/mol. The first kappa shape index (κ1) is 11.1. The van der Waals surface area contributed by atoms with Crippen LogP contribution in [0, 0.1) is 5.82 Å². The molecule has 0 amide bonds. The van der Waals surface area contributed by atoms with Gasteiger partial charge in [-0.25, -0.2) is 8.78 Å². The van der Waals surface area contributed by atoms with Gasteiger partial charge in [0.15, 0.2) is 5.67 Å². The highest BCUT2D eigenvalue weighted by atomic mass is 19.1. The highest BCUT2D eigenvalue weighted by Gasteiger charge is 2.41. The summed E-state index contributed by atoms with van der Waals surface area (Å²) >= 11 is 0. The topological polar surface area (TPSA) is 26.0 Å². The summed E-state index contributed by atoms with van der Waals surface area (Å²) in [6.45, 7) is 4.38. The van der Waals surface area contributed by atoms with E-state index in [9.17, 15) is 8.78 Å². The molecule has 78 valence electrons. The summed E-state index contributed by atoms with van der Waals surface area (Å²) < 4.78 is 27.5. The van der Waals surface area contributed by atoms with Crippen molar-refractivity contribution in [3.8, 4) is 0 Å². The third-order valence-electron chi connectivity index (χ3n) is 2.59. The predicted octanol–water partition coefficient (Wildman–Crippen LogP) is 2.75. The molecule has 0 bridgehead atoms. The van der Waals surface area contributed by atoms with E-state index in [0.717, 1.165) is 0 Å². The molecule has 0 heterocycles. The van der Waals surface area contributed by atoms with Crippen molar-refractivity contribution in [3.63, 3.8) is 0 Å². The first-order valence-corrected chi connectivity index (χ1v) is 4.49. The highest BCUT2D eigenvalue weighted by molar-refractivity contribution is 5.27. The SMILES string of the molecule is CC(C)(N)C(C)(F)c1ccccc1F. The number of alkyl halides is 1. The summed E-state index contributed by atoms with van der Waals surface area (Å²) in [6.07, 6.45) is 0. The first-order chi connectivity index (χ1) is 6.27. The molecule has 14 heavy (non-hydrogen) atoms. The molecule has 0 aliphatic carbocycles. The van der Waals surface area contributed by atoms with Gasteiger partial charge < -0.3 is 5.73 Å². The standard InChI is InChI=1S/C11H15F2N/c1-10(2,14)11(3,13)8-6-4-5-7-9(8)12/h4-7H,14H2,1-3H3. The Labute approximate surface area is 82.9 Å².